The zero-order valence-electron chi connectivity index (χ0n) is 12.3. The molecule has 0 saturated heterocycles. The average molecular weight is 275 g/mol. The van der Waals surface area contributed by atoms with Crippen LogP contribution >= 0.6 is 0 Å². The topological polar surface area (TPSA) is 75.7 Å². The van der Waals surface area contributed by atoms with Crippen molar-refractivity contribution in [3.05, 3.63) is 30.0 Å². The van der Waals surface area contributed by atoms with E-state index in [2.05, 4.69) is 32.2 Å². The lowest BCUT2D eigenvalue weighted by Crippen LogP contribution is -2.15. The molecule has 108 valence electrons. The lowest BCUT2D eigenvalue weighted by atomic mass is 10.2. The molecule has 20 heavy (non-hydrogen) atoms. The van der Waals surface area contributed by atoms with Gasteiger partial charge in [0, 0.05) is 24.2 Å². The van der Waals surface area contributed by atoms with Crippen LogP contribution in [0.5, 0.6) is 5.88 Å². The normalized spacial score (nSPS) is 12.4. The van der Waals surface area contributed by atoms with Crippen LogP contribution in [-0.2, 0) is 0 Å². The Morgan fingerprint density at radius 3 is 2.75 bits per heavy atom. The molecule has 1 atom stereocenters. The summed E-state index contributed by atoms with van der Waals surface area (Å²) >= 11 is 0. The first kappa shape index (κ1) is 14.3. The van der Waals surface area contributed by atoms with Gasteiger partial charge in [-0.15, -0.1) is 0 Å². The van der Waals surface area contributed by atoms with E-state index in [1.54, 1.807) is 6.20 Å². The van der Waals surface area contributed by atoms with Gasteiger partial charge in [0.05, 0.1) is 12.1 Å². The maximum absolute atomic E-state index is 5.63. The smallest absolute Gasteiger partial charge is 0.226 e. The second-order valence-electron chi connectivity index (χ2n) is 4.92. The molecule has 2 aromatic rings. The molecule has 1 unspecified atom stereocenters. The number of rotatable bonds is 6. The van der Waals surface area contributed by atoms with Gasteiger partial charge in [-0.25, -0.2) is 9.97 Å². The van der Waals surface area contributed by atoms with E-state index >= 15 is 0 Å². The van der Waals surface area contributed by atoms with Crippen molar-refractivity contribution in [3.8, 4) is 5.88 Å². The molecule has 0 aromatic carbocycles. The molecule has 2 heterocycles. The number of hydrogen-bond acceptors (Lipinski definition) is 5. The standard InChI is InChI=1S/C14H21N5O/c1-5-11(13-15-6-7-16-13)18-14-17-10(4)8-12(19-14)20-9(2)3/h6-9,11H,5H2,1-4H3,(H,15,16)(H,17,18,19). The monoisotopic (exact) mass is 275 g/mol. The van der Waals surface area contributed by atoms with E-state index < -0.39 is 0 Å². The number of nitrogens with one attached hydrogen (secondary N) is 2. The van der Waals surface area contributed by atoms with Gasteiger partial charge >= 0.3 is 0 Å². The fraction of sp³-hybridized carbons (Fsp3) is 0.500. The second kappa shape index (κ2) is 6.36. The summed E-state index contributed by atoms with van der Waals surface area (Å²) in [4.78, 5) is 16.2. The molecule has 6 heteroatoms. The van der Waals surface area contributed by atoms with Gasteiger partial charge in [0.25, 0.3) is 0 Å². The molecule has 2 aromatic heterocycles. The predicted molar refractivity (Wildman–Crippen MR) is 77.8 cm³/mol. The molecule has 0 aliphatic rings. The van der Waals surface area contributed by atoms with E-state index in [0.29, 0.717) is 11.8 Å². The van der Waals surface area contributed by atoms with Gasteiger partial charge in [0.1, 0.15) is 5.82 Å². The number of ether oxygens (including phenoxy) is 1. The second-order valence-corrected chi connectivity index (χ2v) is 4.92. The van der Waals surface area contributed by atoms with Crippen LogP contribution in [0.4, 0.5) is 5.95 Å². The fourth-order valence-electron chi connectivity index (χ4n) is 1.89. The summed E-state index contributed by atoms with van der Waals surface area (Å²) in [5.74, 6) is 2.03. The molecule has 0 aliphatic heterocycles. The molecule has 0 bridgehead atoms. The van der Waals surface area contributed by atoms with Crippen molar-refractivity contribution in [3.63, 3.8) is 0 Å². The van der Waals surface area contributed by atoms with Crippen molar-refractivity contribution in [1.82, 2.24) is 19.9 Å². The van der Waals surface area contributed by atoms with Gasteiger partial charge < -0.3 is 15.0 Å². The number of nitrogens with zero attached hydrogens (tertiary/aromatic N) is 3. The Balaban J connectivity index is 2.17. The van der Waals surface area contributed by atoms with E-state index in [1.807, 2.05) is 33.0 Å². The number of aromatic nitrogens is 4. The Hall–Kier alpha value is -2.11. The minimum absolute atomic E-state index is 0.0544. The first-order valence-electron chi connectivity index (χ1n) is 6.86. The summed E-state index contributed by atoms with van der Waals surface area (Å²) in [6.07, 6.45) is 4.52. The quantitative estimate of drug-likeness (QED) is 0.847. The molecule has 0 saturated carbocycles. The first-order chi connectivity index (χ1) is 9.58. The molecular weight excluding hydrogens is 254 g/mol. The van der Waals surface area contributed by atoms with Gasteiger partial charge in [-0.2, -0.15) is 4.98 Å². The number of imidazole rings is 1. The Bertz CT molecular complexity index is 539. The molecule has 0 radical (unpaired) electrons. The number of H-pyrrole nitrogens is 1. The zero-order chi connectivity index (χ0) is 14.5. The van der Waals surface area contributed by atoms with Crippen LogP contribution in [0.3, 0.4) is 0 Å². The fourth-order valence-corrected chi connectivity index (χ4v) is 1.89. The van der Waals surface area contributed by atoms with Crippen molar-refractivity contribution in [1.29, 1.82) is 0 Å². The highest BCUT2D eigenvalue weighted by Crippen LogP contribution is 2.20. The van der Waals surface area contributed by atoms with E-state index in [1.165, 1.54) is 0 Å². The first-order valence-corrected chi connectivity index (χ1v) is 6.86. The molecule has 6 nitrogen and oxygen atoms in total. The number of aryl methyl sites for hydroxylation is 1. The molecule has 2 rings (SSSR count). The van der Waals surface area contributed by atoms with E-state index in [9.17, 15) is 0 Å². The van der Waals surface area contributed by atoms with Crippen LogP contribution in [0, 0.1) is 6.92 Å². The van der Waals surface area contributed by atoms with Crippen molar-refractivity contribution < 1.29 is 4.74 Å². The van der Waals surface area contributed by atoms with Crippen LogP contribution in [0.1, 0.15) is 44.8 Å². The number of anilines is 1. The SMILES string of the molecule is CCC(Nc1nc(C)cc(OC(C)C)n1)c1ncc[nH]1. The van der Waals surface area contributed by atoms with Crippen LogP contribution in [0.15, 0.2) is 18.5 Å². The van der Waals surface area contributed by atoms with Gasteiger partial charge in [0.15, 0.2) is 0 Å². The van der Waals surface area contributed by atoms with Crippen LogP contribution in [-0.4, -0.2) is 26.0 Å². The molecule has 0 amide bonds. The summed E-state index contributed by atoms with van der Waals surface area (Å²) in [6, 6.07) is 1.89. The maximum Gasteiger partial charge on any atom is 0.226 e. The minimum Gasteiger partial charge on any atom is -0.475 e. The van der Waals surface area contributed by atoms with Gasteiger partial charge in [-0.05, 0) is 27.2 Å². The Kier molecular flexibility index (Phi) is 4.55. The van der Waals surface area contributed by atoms with Crippen molar-refractivity contribution in [2.45, 2.75) is 46.3 Å². The third kappa shape index (κ3) is 3.69. The Morgan fingerprint density at radius 1 is 1.35 bits per heavy atom. The van der Waals surface area contributed by atoms with Crippen LogP contribution in [0.2, 0.25) is 0 Å². The Labute approximate surface area is 119 Å². The minimum atomic E-state index is 0.0544. The van der Waals surface area contributed by atoms with Crippen LogP contribution < -0.4 is 10.1 Å². The Morgan fingerprint density at radius 2 is 2.15 bits per heavy atom. The molecular formula is C14H21N5O. The summed E-state index contributed by atoms with van der Waals surface area (Å²) in [6.45, 7) is 7.96. The summed E-state index contributed by atoms with van der Waals surface area (Å²) < 4.78 is 5.63. The lowest BCUT2D eigenvalue weighted by molar-refractivity contribution is 0.232. The third-order valence-electron chi connectivity index (χ3n) is 2.75. The van der Waals surface area contributed by atoms with E-state index in [0.717, 1.165) is 17.9 Å². The molecule has 0 spiro atoms. The third-order valence-corrected chi connectivity index (χ3v) is 2.75. The number of aromatic amines is 1. The van der Waals surface area contributed by atoms with Gasteiger partial charge in [0.2, 0.25) is 11.8 Å². The van der Waals surface area contributed by atoms with Crippen LogP contribution in [0.25, 0.3) is 0 Å². The highest BCUT2D eigenvalue weighted by molar-refractivity contribution is 5.32. The summed E-state index contributed by atoms with van der Waals surface area (Å²) in [5, 5.41) is 3.29. The summed E-state index contributed by atoms with van der Waals surface area (Å²) in [7, 11) is 0. The maximum atomic E-state index is 5.63. The average Bonchev–Trinajstić information content (AvgIpc) is 2.88. The predicted octanol–water partition coefficient (Wildman–Crippen LogP) is 2.86. The zero-order valence-corrected chi connectivity index (χ0v) is 12.3. The van der Waals surface area contributed by atoms with Crippen molar-refractivity contribution in [2.75, 3.05) is 5.32 Å². The van der Waals surface area contributed by atoms with Gasteiger partial charge in [-0.3, -0.25) is 0 Å². The molecule has 2 N–H and O–H groups in total. The molecule has 0 fully saturated rings. The van der Waals surface area contributed by atoms with Gasteiger partial charge in [-0.1, -0.05) is 6.92 Å². The highest BCUT2D eigenvalue weighted by Gasteiger charge is 2.14. The van der Waals surface area contributed by atoms with Crippen molar-refractivity contribution >= 4 is 5.95 Å². The van der Waals surface area contributed by atoms with Crippen molar-refractivity contribution in [2.24, 2.45) is 0 Å². The number of hydrogen-bond donors (Lipinski definition) is 2. The largest absolute Gasteiger partial charge is 0.475 e. The summed E-state index contributed by atoms with van der Waals surface area (Å²) in [5.41, 5.74) is 0.868. The van der Waals surface area contributed by atoms with E-state index in [4.69, 9.17) is 4.74 Å². The van der Waals surface area contributed by atoms with E-state index in [-0.39, 0.29) is 12.1 Å². The highest BCUT2D eigenvalue weighted by atomic mass is 16.5. The molecule has 0 aliphatic carbocycles. The lowest BCUT2D eigenvalue weighted by Gasteiger charge is -2.16.